The first-order valence-corrected chi connectivity index (χ1v) is 17.9. The van der Waals surface area contributed by atoms with E-state index >= 15 is 4.39 Å². The van der Waals surface area contributed by atoms with Crippen molar-refractivity contribution in [2.24, 2.45) is 26.1 Å². The number of aryl methyl sites for hydroxylation is 1. The minimum Gasteiger partial charge on any atom is -0.454 e. The summed E-state index contributed by atoms with van der Waals surface area (Å²) in [5, 5.41) is 11.2. The zero-order valence-corrected chi connectivity index (χ0v) is 33.4. The van der Waals surface area contributed by atoms with E-state index in [-0.39, 0.29) is 29.7 Å². The molecule has 1 aliphatic rings. The van der Waals surface area contributed by atoms with Gasteiger partial charge in [0.1, 0.15) is 5.82 Å². The van der Waals surface area contributed by atoms with E-state index < -0.39 is 41.5 Å². The fourth-order valence-corrected chi connectivity index (χ4v) is 4.57. The number of alkyl halides is 3. The van der Waals surface area contributed by atoms with Gasteiger partial charge in [-0.2, -0.15) is 18.2 Å². The minimum absolute atomic E-state index is 0.115. The van der Waals surface area contributed by atoms with E-state index in [9.17, 15) is 27.6 Å². The van der Waals surface area contributed by atoms with Crippen molar-refractivity contribution in [3.63, 3.8) is 0 Å². The lowest BCUT2D eigenvalue weighted by atomic mass is 9.93. The number of guanidine groups is 1. The normalized spacial score (nSPS) is 13.1. The number of ether oxygens (including phenoxy) is 1. The standard InChI is InChI=1S/C28H31ClF4N6O3.C8H9NO.C2H6.CH5N/c1-17(40)35-14-26(2,3)15-36-23(41)21-10-9-20(13-22(21)30)37-24(38-25(34-4)42-16-28(31,32)33)39-27(11-12-27)18-5-7-19(29)8-6-18;1-7-2-4-8(5-3-7)9-6-10;2*1-2/h5-10,13H,4,11-12,14-16H2,1-3H3,(H,35,40)(H,36,41)(H,37,39);2-6H,1H3,(H,9,10);1-2H3;2H2,1H3/b38-25+;;;. The quantitative estimate of drug-likeness (QED) is 0.0577. The highest BCUT2D eigenvalue weighted by molar-refractivity contribution is 6.30. The molecule has 1 saturated carbocycles. The van der Waals surface area contributed by atoms with Crippen molar-refractivity contribution in [1.82, 2.24) is 10.6 Å². The summed E-state index contributed by atoms with van der Waals surface area (Å²) < 4.78 is 57.8. The van der Waals surface area contributed by atoms with E-state index in [0.717, 1.165) is 17.3 Å². The highest BCUT2D eigenvalue weighted by Gasteiger charge is 2.45. The van der Waals surface area contributed by atoms with E-state index in [2.05, 4.69) is 53.4 Å². The van der Waals surface area contributed by atoms with E-state index in [1.807, 2.05) is 58.9 Å². The average Bonchev–Trinajstić information content (AvgIpc) is 3.94. The first-order valence-electron chi connectivity index (χ1n) is 17.5. The summed E-state index contributed by atoms with van der Waals surface area (Å²) in [6.45, 7) is 13.1. The molecule has 0 unspecified atom stereocenters. The highest BCUT2D eigenvalue weighted by atomic mass is 35.5. The molecule has 56 heavy (non-hydrogen) atoms. The van der Waals surface area contributed by atoms with E-state index in [4.69, 9.17) is 11.6 Å². The Morgan fingerprint density at radius 3 is 2.04 bits per heavy atom. The molecule has 17 heteroatoms. The number of nitrogens with two attached hydrogens (primary N) is 1. The predicted octanol–water partition coefficient (Wildman–Crippen LogP) is 7.63. The van der Waals surface area contributed by atoms with Crippen LogP contribution in [0.4, 0.5) is 28.9 Å². The number of rotatable bonds is 11. The molecule has 3 aromatic carbocycles. The summed E-state index contributed by atoms with van der Waals surface area (Å²) >= 11 is 5.99. The summed E-state index contributed by atoms with van der Waals surface area (Å²) in [5.74, 6) is -1.95. The Kier molecular flexibility index (Phi) is 20.5. The third-order valence-corrected chi connectivity index (χ3v) is 7.67. The fourth-order valence-electron chi connectivity index (χ4n) is 4.44. The topological polar surface area (TPSA) is 172 Å². The summed E-state index contributed by atoms with van der Waals surface area (Å²) in [6, 6.07) is 17.5. The second-order valence-electron chi connectivity index (χ2n) is 12.6. The zero-order chi connectivity index (χ0) is 42.5. The van der Waals surface area contributed by atoms with Gasteiger partial charge in [-0.25, -0.2) is 14.4 Å². The maximum Gasteiger partial charge on any atom is 0.422 e. The molecule has 0 bridgehead atoms. The number of carbonyl (C=O) groups is 3. The van der Waals surface area contributed by atoms with Crippen LogP contribution in [0.3, 0.4) is 0 Å². The summed E-state index contributed by atoms with van der Waals surface area (Å²) in [4.78, 5) is 45.8. The Labute approximate surface area is 330 Å². The second-order valence-corrected chi connectivity index (χ2v) is 13.1. The molecule has 6 N–H and O–H groups in total. The number of amidine groups is 1. The van der Waals surface area contributed by atoms with Crippen LogP contribution in [0.1, 0.15) is 68.9 Å². The second kappa shape index (κ2) is 23.5. The Morgan fingerprint density at radius 2 is 1.54 bits per heavy atom. The van der Waals surface area contributed by atoms with Crippen molar-refractivity contribution in [3.8, 4) is 0 Å². The molecule has 0 spiro atoms. The fraction of sp³-hybridized carbons (Fsp3) is 0.385. The SMILES string of the molecule is C=N/C(=N\C(=NC1(c2ccc(Cl)cc2)CC1)Nc1ccc(C(=O)NCC(C)(C)CNC(C)=O)c(F)c1)OCC(F)(F)F.CC.CN.Cc1ccc(NC=O)cc1. The molecule has 0 atom stereocenters. The third kappa shape index (κ3) is 17.9. The Balaban J connectivity index is 0.000000951. The Hall–Kier alpha value is -5.35. The molecule has 0 aromatic heterocycles. The van der Waals surface area contributed by atoms with Crippen LogP contribution < -0.4 is 27.0 Å². The monoisotopic (exact) mass is 806 g/mol. The van der Waals surface area contributed by atoms with E-state index in [1.54, 1.807) is 24.3 Å². The molecule has 1 aliphatic carbocycles. The van der Waals surface area contributed by atoms with Gasteiger partial charge in [0.05, 0.1) is 11.1 Å². The van der Waals surface area contributed by atoms with Crippen molar-refractivity contribution in [3.05, 3.63) is 94.3 Å². The Morgan fingerprint density at radius 1 is 0.964 bits per heavy atom. The average molecular weight is 807 g/mol. The molecule has 0 saturated heterocycles. The number of hydrogen-bond donors (Lipinski definition) is 5. The number of hydrogen-bond acceptors (Lipinski definition) is 6. The van der Waals surface area contributed by atoms with Gasteiger partial charge in [-0.1, -0.05) is 69.1 Å². The summed E-state index contributed by atoms with van der Waals surface area (Å²) in [7, 11) is 1.50. The lowest BCUT2D eigenvalue weighted by Gasteiger charge is -2.25. The predicted molar refractivity (Wildman–Crippen MR) is 216 cm³/mol. The van der Waals surface area contributed by atoms with Crippen LogP contribution in [0.5, 0.6) is 0 Å². The van der Waals surface area contributed by atoms with Crippen LogP contribution >= 0.6 is 11.6 Å². The van der Waals surface area contributed by atoms with Gasteiger partial charge >= 0.3 is 12.2 Å². The number of halogens is 5. The number of carbonyl (C=O) groups excluding carboxylic acids is 3. The minimum atomic E-state index is -4.64. The molecule has 306 valence electrons. The molecular formula is C39H51ClF4N8O4. The van der Waals surface area contributed by atoms with Crippen LogP contribution in [0.25, 0.3) is 0 Å². The maximum atomic E-state index is 15.0. The largest absolute Gasteiger partial charge is 0.454 e. The zero-order valence-electron chi connectivity index (χ0n) is 32.6. The third-order valence-electron chi connectivity index (χ3n) is 7.42. The van der Waals surface area contributed by atoms with Crippen LogP contribution in [0, 0.1) is 18.2 Å². The number of nitrogens with zero attached hydrogens (tertiary/aromatic N) is 3. The van der Waals surface area contributed by atoms with Crippen molar-refractivity contribution in [1.29, 1.82) is 0 Å². The van der Waals surface area contributed by atoms with Gasteiger partial charge in [-0.15, -0.1) is 0 Å². The molecule has 3 aromatic rings. The molecular weight excluding hydrogens is 756 g/mol. The molecule has 12 nitrogen and oxygen atoms in total. The molecule has 0 heterocycles. The number of aliphatic imine (C=N–C) groups is 3. The van der Waals surface area contributed by atoms with Gasteiger partial charge in [0, 0.05) is 36.4 Å². The number of benzene rings is 3. The number of anilines is 2. The van der Waals surface area contributed by atoms with Crippen LogP contribution in [0.2, 0.25) is 5.02 Å². The molecule has 0 radical (unpaired) electrons. The summed E-state index contributed by atoms with van der Waals surface area (Å²) in [5.41, 5.74) is 5.97. The molecule has 0 aliphatic heterocycles. The number of amides is 3. The highest BCUT2D eigenvalue weighted by Crippen LogP contribution is 2.50. The Bertz CT molecular complexity index is 1780. The van der Waals surface area contributed by atoms with Crippen molar-refractivity contribution in [2.75, 3.05) is 37.4 Å². The molecule has 1 fully saturated rings. The smallest absolute Gasteiger partial charge is 0.422 e. The number of nitrogens with one attached hydrogen (secondary N) is 4. The van der Waals surface area contributed by atoms with Gasteiger partial charge in [0.2, 0.25) is 18.3 Å². The van der Waals surface area contributed by atoms with Crippen molar-refractivity contribution >= 4 is 59.9 Å². The van der Waals surface area contributed by atoms with Crippen LogP contribution in [-0.2, 0) is 19.9 Å². The van der Waals surface area contributed by atoms with Gasteiger partial charge in [-0.3, -0.25) is 14.4 Å². The van der Waals surface area contributed by atoms with Gasteiger partial charge in [0.15, 0.2) is 6.61 Å². The summed E-state index contributed by atoms with van der Waals surface area (Å²) in [6.07, 6.45) is -2.75. The van der Waals surface area contributed by atoms with Crippen molar-refractivity contribution in [2.45, 2.75) is 66.1 Å². The van der Waals surface area contributed by atoms with Crippen LogP contribution in [0.15, 0.2) is 81.7 Å². The van der Waals surface area contributed by atoms with E-state index in [1.165, 1.54) is 31.7 Å². The first-order chi connectivity index (χ1) is 26.4. The van der Waals surface area contributed by atoms with Gasteiger partial charge in [-0.05, 0) is 87.0 Å². The molecule has 4 rings (SSSR count). The lowest BCUT2D eigenvalue weighted by molar-refractivity contribution is -0.156. The molecule has 3 amide bonds. The van der Waals surface area contributed by atoms with Gasteiger partial charge in [0.25, 0.3) is 5.91 Å². The van der Waals surface area contributed by atoms with Crippen LogP contribution in [-0.4, -0.2) is 69.8 Å². The first kappa shape index (κ1) is 48.7. The maximum absolute atomic E-state index is 15.0. The van der Waals surface area contributed by atoms with Crippen molar-refractivity contribution < 1.29 is 36.7 Å². The van der Waals surface area contributed by atoms with Gasteiger partial charge < -0.3 is 31.7 Å². The lowest BCUT2D eigenvalue weighted by Crippen LogP contribution is -2.41. The van der Waals surface area contributed by atoms with E-state index in [0.29, 0.717) is 30.8 Å².